The van der Waals surface area contributed by atoms with E-state index in [4.69, 9.17) is 4.42 Å². The SMILES string of the molecule is CC1=C(c2ccc(C)o2)[N+](=O)C2=C(CCC2)[N+]1=O. The molecule has 0 saturated heterocycles. The summed E-state index contributed by atoms with van der Waals surface area (Å²) in [6.07, 6.45) is 2.20. The number of hydrogen-bond donors (Lipinski definition) is 0. The molecule has 0 aromatic carbocycles. The Labute approximate surface area is 104 Å². The van der Waals surface area contributed by atoms with Crippen LogP contribution in [0.4, 0.5) is 0 Å². The lowest BCUT2D eigenvalue weighted by molar-refractivity contribution is -0.505. The fourth-order valence-electron chi connectivity index (χ4n) is 2.57. The van der Waals surface area contributed by atoms with Crippen molar-refractivity contribution < 1.29 is 13.9 Å². The minimum Gasteiger partial charge on any atom is -0.455 e. The van der Waals surface area contributed by atoms with Crippen molar-refractivity contribution in [2.75, 3.05) is 0 Å². The number of furan rings is 1. The third kappa shape index (κ3) is 1.40. The molecule has 1 aliphatic carbocycles. The van der Waals surface area contributed by atoms with E-state index < -0.39 is 0 Å². The standard InChI is InChI=1S/C13H14N2O3/c1-8-6-7-12(18-8)13-9(2)14(16)10-4-3-5-11(10)15(13)17/h6-7H,3-5H2,1-2H3/q+2. The van der Waals surface area contributed by atoms with Crippen molar-refractivity contribution in [3.8, 4) is 0 Å². The van der Waals surface area contributed by atoms with Crippen LogP contribution in [0.3, 0.4) is 0 Å². The summed E-state index contributed by atoms with van der Waals surface area (Å²) in [4.78, 5) is 24.5. The molecule has 18 heavy (non-hydrogen) atoms. The summed E-state index contributed by atoms with van der Waals surface area (Å²) in [5, 5.41) is 0. The summed E-state index contributed by atoms with van der Waals surface area (Å²) in [6.45, 7) is 3.47. The average molecular weight is 246 g/mol. The Hall–Kier alpha value is -2.04. The first-order chi connectivity index (χ1) is 8.59. The van der Waals surface area contributed by atoms with Gasteiger partial charge in [-0.25, -0.2) is 0 Å². The largest absolute Gasteiger partial charge is 0.455 e. The molecule has 0 spiro atoms. The second-order valence-corrected chi connectivity index (χ2v) is 4.68. The van der Waals surface area contributed by atoms with Crippen LogP contribution in [-0.2, 0) is 0 Å². The minimum atomic E-state index is 0.332. The number of rotatable bonds is 1. The molecule has 0 unspecified atom stereocenters. The third-order valence-electron chi connectivity index (χ3n) is 3.47. The minimum absolute atomic E-state index is 0.332. The van der Waals surface area contributed by atoms with Crippen LogP contribution in [0.15, 0.2) is 33.6 Å². The van der Waals surface area contributed by atoms with Crippen molar-refractivity contribution in [1.29, 1.82) is 0 Å². The van der Waals surface area contributed by atoms with Gasteiger partial charge in [0.2, 0.25) is 5.76 Å². The molecular formula is C13H14N2O3+2. The third-order valence-corrected chi connectivity index (χ3v) is 3.47. The Morgan fingerprint density at radius 1 is 1.06 bits per heavy atom. The summed E-state index contributed by atoms with van der Waals surface area (Å²) in [7, 11) is 0. The van der Waals surface area contributed by atoms with Crippen molar-refractivity contribution >= 4 is 5.70 Å². The quantitative estimate of drug-likeness (QED) is 0.715. The van der Waals surface area contributed by atoms with Gasteiger partial charge in [0, 0.05) is 29.6 Å². The Balaban J connectivity index is 2.15. The second-order valence-electron chi connectivity index (χ2n) is 4.68. The molecule has 0 atom stereocenters. The number of hydrogen-bond acceptors (Lipinski definition) is 3. The van der Waals surface area contributed by atoms with Crippen molar-refractivity contribution in [2.24, 2.45) is 0 Å². The highest BCUT2D eigenvalue weighted by atomic mass is 16.3. The molecule has 3 rings (SSSR count). The van der Waals surface area contributed by atoms with Gasteiger partial charge in [-0.1, -0.05) is 0 Å². The molecule has 2 heterocycles. The molecular weight excluding hydrogens is 232 g/mol. The van der Waals surface area contributed by atoms with Gasteiger partial charge in [0.1, 0.15) is 5.76 Å². The van der Waals surface area contributed by atoms with E-state index >= 15 is 0 Å². The normalized spacial score (nSPS) is 19.9. The van der Waals surface area contributed by atoms with Crippen LogP contribution in [0, 0.1) is 16.7 Å². The van der Waals surface area contributed by atoms with E-state index in [-0.39, 0.29) is 0 Å². The summed E-state index contributed by atoms with van der Waals surface area (Å²) in [6, 6.07) is 3.52. The molecule has 0 bridgehead atoms. The number of nitroso groups, excluding NO2 is 2. The van der Waals surface area contributed by atoms with Gasteiger partial charge in [-0.3, -0.25) is 0 Å². The number of aryl methyl sites for hydroxylation is 1. The Morgan fingerprint density at radius 2 is 1.72 bits per heavy atom. The lowest BCUT2D eigenvalue weighted by Gasteiger charge is -2.01. The lowest BCUT2D eigenvalue weighted by atomic mass is 10.2. The molecule has 92 valence electrons. The zero-order chi connectivity index (χ0) is 12.9. The summed E-state index contributed by atoms with van der Waals surface area (Å²) in [5.74, 6) is 1.18. The van der Waals surface area contributed by atoms with Gasteiger partial charge in [0.25, 0.3) is 0 Å². The van der Waals surface area contributed by atoms with Crippen LogP contribution in [0.1, 0.15) is 37.7 Å². The fourth-order valence-corrected chi connectivity index (χ4v) is 2.57. The first kappa shape index (κ1) is 11.1. The van der Waals surface area contributed by atoms with Crippen LogP contribution in [-0.4, -0.2) is 9.52 Å². The van der Waals surface area contributed by atoms with E-state index in [0.717, 1.165) is 21.7 Å². The smallest absolute Gasteiger partial charge is 0.376 e. The van der Waals surface area contributed by atoms with Crippen molar-refractivity contribution in [1.82, 2.24) is 0 Å². The maximum absolute atomic E-state index is 12.3. The number of nitrogens with zero attached hydrogens (tertiary/aromatic N) is 2. The zero-order valence-electron chi connectivity index (χ0n) is 10.4. The van der Waals surface area contributed by atoms with Crippen LogP contribution < -0.4 is 0 Å². The van der Waals surface area contributed by atoms with Crippen molar-refractivity contribution in [3.05, 3.63) is 50.6 Å². The second kappa shape index (κ2) is 3.73. The monoisotopic (exact) mass is 246 g/mol. The van der Waals surface area contributed by atoms with E-state index in [1.807, 2.05) is 6.92 Å². The highest BCUT2D eigenvalue weighted by Crippen LogP contribution is 2.38. The molecule has 0 amide bonds. The Kier molecular flexibility index (Phi) is 2.29. The molecule has 0 N–H and O–H groups in total. The molecule has 2 aliphatic rings. The van der Waals surface area contributed by atoms with Gasteiger partial charge in [-0.05, 0) is 25.5 Å². The highest BCUT2D eigenvalue weighted by Gasteiger charge is 2.51. The zero-order valence-corrected chi connectivity index (χ0v) is 10.4. The molecule has 0 fully saturated rings. The first-order valence-corrected chi connectivity index (χ1v) is 6.04. The molecule has 1 aromatic rings. The van der Waals surface area contributed by atoms with E-state index in [1.54, 1.807) is 19.1 Å². The fraction of sp³-hybridized carbons (Fsp3) is 0.385. The first-order valence-electron chi connectivity index (χ1n) is 6.04. The molecule has 0 radical (unpaired) electrons. The topological polar surface area (TPSA) is 53.3 Å². The molecule has 5 nitrogen and oxygen atoms in total. The van der Waals surface area contributed by atoms with Crippen LogP contribution in [0.2, 0.25) is 0 Å². The molecule has 1 aliphatic heterocycles. The van der Waals surface area contributed by atoms with E-state index in [2.05, 4.69) is 0 Å². The molecule has 5 heteroatoms. The van der Waals surface area contributed by atoms with E-state index in [0.29, 0.717) is 41.4 Å². The van der Waals surface area contributed by atoms with Crippen LogP contribution >= 0.6 is 0 Å². The highest BCUT2D eigenvalue weighted by molar-refractivity contribution is 5.57. The summed E-state index contributed by atoms with van der Waals surface area (Å²) >= 11 is 0. The summed E-state index contributed by atoms with van der Waals surface area (Å²) < 4.78 is 7.22. The van der Waals surface area contributed by atoms with Crippen molar-refractivity contribution in [3.63, 3.8) is 0 Å². The van der Waals surface area contributed by atoms with Gasteiger partial charge < -0.3 is 4.42 Å². The van der Waals surface area contributed by atoms with E-state index in [1.165, 1.54) is 0 Å². The Bertz CT molecular complexity index is 634. The maximum Gasteiger partial charge on any atom is 0.376 e. The van der Waals surface area contributed by atoms with Gasteiger partial charge in [-0.15, -0.1) is 0 Å². The lowest BCUT2D eigenvalue weighted by Crippen LogP contribution is -2.21. The summed E-state index contributed by atoms with van der Waals surface area (Å²) in [5.41, 5.74) is 1.92. The average Bonchev–Trinajstić information content (AvgIpc) is 2.95. The van der Waals surface area contributed by atoms with Crippen molar-refractivity contribution in [2.45, 2.75) is 33.1 Å². The maximum atomic E-state index is 12.3. The Morgan fingerprint density at radius 3 is 2.33 bits per heavy atom. The van der Waals surface area contributed by atoms with E-state index in [9.17, 15) is 9.81 Å². The number of allylic oxidation sites excluding steroid dienone is 3. The van der Waals surface area contributed by atoms with Gasteiger partial charge in [0.15, 0.2) is 0 Å². The van der Waals surface area contributed by atoms with Crippen LogP contribution in [0.5, 0.6) is 0 Å². The van der Waals surface area contributed by atoms with Crippen LogP contribution in [0.25, 0.3) is 5.70 Å². The molecule has 0 saturated carbocycles. The van der Waals surface area contributed by atoms with Gasteiger partial charge in [0.05, 0.1) is 9.52 Å². The molecule has 1 aromatic heterocycles. The van der Waals surface area contributed by atoms with Gasteiger partial charge >= 0.3 is 22.8 Å². The predicted molar refractivity (Wildman–Crippen MR) is 64.2 cm³/mol. The van der Waals surface area contributed by atoms with Gasteiger partial charge in [-0.2, -0.15) is 0 Å². The predicted octanol–water partition coefficient (Wildman–Crippen LogP) is 3.24.